The van der Waals surface area contributed by atoms with Gasteiger partial charge in [0.1, 0.15) is 0 Å². The third kappa shape index (κ3) is 1.74. The van der Waals surface area contributed by atoms with Crippen LogP contribution in [0.3, 0.4) is 0 Å². The highest BCUT2D eigenvalue weighted by Crippen LogP contribution is 2.58. The molecule has 0 bridgehead atoms. The SMILES string of the molecule is BrC(Br)(Br)C1(c2ccccc2)CO1. The monoisotopic (exact) mass is 368 g/mol. The zero-order valence-electron chi connectivity index (χ0n) is 6.64. The van der Waals surface area contributed by atoms with Crippen molar-refractivity contribution in [2.45, 2.75) is 7.74 Å². The van der Waals surface area contributed by atoms with Crippen molar-refractivity contribution in [1.82, 2.24) is 0 Å². The van der Waals surface area contributed by atoms with Gasteiger partial charge in [0.25, 0.3) is 0 Å². The molecule has 4 heteroatoms. The van der Waals surface area contributed by atoms with E-state index in [1.807, 2.05) is 18.2 Å². The minimum absolute atomic E-state index is 0.270. The van der Waals surface area contributed by atoms with Gasteiger partial charge in [0.05, 0.1) is 6.61 Å². The Kier molecular flexibility index (Phi) is 2.60. The zero-order chi connectivity index (χ0) is 9.53. The van der Waals surface area contributed by atoms with E-state index < -0.39 is 0 Å². The second kappa shape index (κ2) is 3.33. The standard InChI is InChI=1S/C9H7Br3O/c10-9(11,12)8(6-13-8)7-4-2-1-3-5-7/h1-5H,6H2. The molecule has 0 radical (unpaired) electrons. The predicted octanol–water partition coefficient (Wildman–Crippen LogP) is 3.75. The quantitative estimate of drug-likeness (QED) is 0.542. The molecule has 2 rings (SSSR count). The molecule has 1 aromatic rings. The second-order valence-electron chi connectivity index (χ2n) is 2.98. The fraction of sp³-hybridized carbons (Fsp3) is 0.333. The van der Waals surface area contributed by atoms with Crippen molar-refractivity contribution in [2.75, 3.05) is 6.61 Å². The van der Waals surface area contributed by atoms with Crippen LogP contribution in [0.4, 0.5) is 0 Å². The van der Waals surface area contributed by atoms with E-state index in [0.717, 1.165) is 6.61 Å². The average molecular weight is 371 g/mol. The summed E-state index contributed by atoms with van der Waals surface area (Å²) in [7, 11) is 0. The van der Waals surface area contributed by atoms with Crippen LogP contribution in [0, 0.1) is 0 Å². The number of halogens is 3. The van der Waals surface area contributed by atoms with E-state index in [9.17, 15) is 0 Å². The maximum absolute atomic E-state index is 5.51. The molecule has 1 aliphatic rings. The molecule has 1 saturated heterocycles. The summed E-state index contributed by atoms with van der Waals surface area (Å²) in [5.74, 6) is 0. The third-order valence-electron chi connectivity index (χ3n) is 2.13. The second-order valence-corrected chi connectivity index (χ2v) is 9.74. The topological polar surface area (TPSA) is 12.5 Å². The lowest BCUT2D eigenvalue weighted by Gasteiger charge is -2.21. The van der Waals surface area contributed by atoms with E-state index in [1.165, 1.54) is 5.56 Å². The van der Waals surface area contributed by atoms with E-state index in [1.54, 1.807) is 0 Å². The maximum Gasteiger partial charge on any atom is 0.170 e. The van der Waals surface area contributed by atoms with Gasteiger partial charge in [-0.2, -0.15) is 0 Å². The highest BCUT2D eigenvalue weighted by atomic mass is 80.0. The molecule has 1 aromatic carbocycles. The number of hydrogen-bond acceptors (Lipinski definition) is 1. The molecule has 1 aliphatic heterocycles. The molecule has 0 saturated carbocycles. The van der Waals surface area contributed by atoms with Crippen LogP contribution >= 0.6 is 47.8 Å². The van der Waals surface area contributed by atoms with E-state index in [-0.39, 0.29) is 7.74 Å². The molecule has 0 amide bonds. The lowest BCUT2D eigenvalue weighted by molar-refractivity contribution is 0.323. The van der Waals surface area contributed by atoms with Crippen molar-refractivity contribution in [1.29, 1.82) is 0 Å². The van der Waals surface area contributed by atoms with Crippen molar-refractivity contribution >= 4 is 47.8 Å². The number of hydrogen-bond donors (Lipinski definition) is 0. The first-order chi connectivity index (χ1) is 6.06. The smallest absolute Gasteiger partial charge is 0.170 e. The number of ether oxygens (including phenoxy) is 1. The molecular formula is C9H7Br3O. The predicted molar refractivity (Wildman–Crippen MR) is 63.6 cm³/mol. The molecule has 0 N–H and O–H groups in total. The van der Waals surface area contributed by atoms with E-state index >= 15 is 0 Å². The Bertz CT molecular complexity index is 300. The number of benzene rings is 1. The van der Waals surface area contributed by atoms with Crippen LogP contribution in [-0.4, -0.2) is 8.75 Å². The highest BCUT2D eigenvalue weighted by molar-refractivity contribution is 9.39. The zero-order valence-corrected chi connectivity index (χ0v) is 11.4. The average Bonchev–Trinajstić information content (AvgIpc) is 2.84. The fourth-order valence-electron chi connectivity index (χ4n) is 1.27. The molecule has 1 nitrogen and oxygen atoms in total. The summed E-state index contributed by atoms with van der Waals surface area (Å²) < 4.78 is 5.13. The molecule has 13 heavy (non-hydrogen) atoms. The van der Waals surface area contributed by atoms with Gasteiger partial charge >= 0.3 is 0 Å². The van der Waals surface area contributed by atoms with Crippen LogP contribution in [0.1, 0.15) is 5.56 Å². The van der Waals surface area contributed by atoms with Crippen molar-refractivity contribution in [3.05, 3.63) is 35.9 Å². The number of rotatable bonds is 1. The molecule has 1 atom stereocenters. The Balaban J connectivity index is 2.37. The van der Waals surface area contributed by atoms with Gasteiger partial charge in [-0.25, -0.2) is 0 Å². The van der Waals surface area contributed by atoms with Crippen LogP contribution in [0.2, 0.25) is 0 Å². The molecule has 1 fully saturated rings. The Morgan fingerprint density at radius 3 is 2.08 bits per heavy atom. The first-order valence-electron chi connectivity index (χ1n) is 3.82. The Hall–Kier alpha value is 0.620. The Morgan fingerprint density at radius 2 is 1.69 bits per heavy atom. The Labute approximate surface area is 102 Å². The van der Waals surface area contributed by atoms with Crippen molar-refractivity contribution in [3.8, 4) is 0 Å². The molecule has 0 aromatic heterocycles. The van der Waals surface area contributed by atoms with Crippen molar-refractivity contribution in [3.63, 3.8) is 0 Å². The summed E-state index contributed by atoms with van der Waals surface area (Å²) in [6, 6.07) is 10.1. The molecule has 0 aliphatic carbocycles. The maximum atomic E-state index is 5.51. The molecule has 1 unspecified atom stereocenters. The van der Waals surface area contributed by atoms with Gasteiger partial charge in [-0.05, 0) is 5.56 Å². The largest absolute Gasteiger partial charge is 0.361 e. The minimum Gasteiger partial charge on any atom is -0.361 e. The van der Waals surface area contributed by atoms with Gasteiger partial charge in [0.15, 0.2) is 7.74 Å². The van der Waals surface area contributed by atoms with Crippen LogP contribution in [0.15, 0.2) is 30.3 Å². The molecule has 1 heterocycles. The van der Waals surface area contributed by atoms with Crippen LogP contribution in [-0.2, 0) is 10.3 Å². The summed E-state index contributed by atoms with van der Waals surface area (Å²) >= 11 is 10.5. The molecule has 70 valence electrons. The van der Waals surface area contributed by atoms with Crippen molar-refractivity contribution < 1.29 is 4.74 Å². The summed E-state index contributed by atoms with van der Waals surface area (Å²) in [5, 5.41) is 0. The summed E-state index contributed by atoms with van der Waals surface area (Å²) in [6.45, 7) is 0.721. The normalized spacial score (nSPS) is 27.3. The first kappa shape index (κ1) is 10.1. The Morgan fingerprint density at radius 1 is 1.15 bits per heavy atom. The summed E-state index contributed by atoms with van der Waals surface area (Å²) in [5.41, 5.74) is 0.898. The van der Waals surface area contributed by atoms with Gasteiger partial charge < -0.3 is 4.74 Å². The first-order valence-corrected chi connectivity index (χ1v) is 6.20. The lowest BCUT2D eigenvalue weighted by atomic mass is 10.0. The van der Waals surface area contributed by atoms with Crippen molar-refractivity contribution in [2.24, 2.45) is 0 Å². The van der Waals surface area contributed by atoms with E-state index in [0.29, 0.717) is 0 Å². The van der Waals surface area contributed by atoms with Gasteiger partial charge in [-0.15, -0.1) is 0 Å². The number of alkyl halides is 3. The van der Waals surface area contributed by atoms with Crippen LogP contribution < -0.4 is 0 Å². The minimum atomic E-state index is -0.374. The van der Waals surface area contributed by atoms with Gasteiger partial charge in [-0.1, -0.05) is 78.1 Å². The molecule has 0 spiro atoms. The van der Waals surface area contributed by atoms with Gasteiger partial charge in [0, 0.05) is 0 Å². The fourth-order valence-corrected chi connectivity index (χ4v) is 2.65. The summed E-state index contributed by atoms with van der Waals surface area (Å²) in [6.07, 6.45) is 0. The highest BCUT2D eigenvalue weighted by Gasteiger charge is 2.59. The summed E-state index contributed by atoms with van der Waals surface area (Å²) in [4.78, 5) is 0. The lowest BCUT2D eigenvalue weighted by Crippen LogP contribution is -2.25. The number of epoxide rings is 1. The van der Waals surface area contributed by atoms with Crippen LogP contribution in [0.25, 0.3) is 0 Å². The molecular weight excluding hydrogens is 364 g/mol. The van der Waals surface area contributed by atoms with Crippen LogP contribution in [0.5, 0.6) is 0 Å². The van der Waals surface area contributed by atoms with E-state index in [2.05, 4.69) is 59.9 Å². The van der Waals surface area contributed by atoms with Gasteiger partial charge in [-0.3, -0.25) is 0 Å². The third-order valence-corrected chi connectivity index (χ3v) is 4.05. The van der Waals surface area contributed by atoms with E-state index in [4.69, 9.17) is 4.74 Å². The van der Waals surface area contributed by atoms with Gasteiger partial charge in [0.2, 0.25) is 0 Å².